The molecule has 0 atom stereocenters. The lowest BCUT2D eigenvalue weighted by Crippen LogP contribution is -2.05. The normalized spacial score (nSPS) is 14.0. The molecule has 0 N–H and O–H groups in total. The molecule has 5 nitrogen and oxygen atoms in total. The maximum Gasteiger partial charge on any atom is 0.316 e. The van der Waals surface area contributed by atoms with Gasteiger partial charge in [-0.3, -0.25) is 9.36 Å². The van der Waals surface area contributed by atoms with Crippen molar-refractivity contribution >= 4 is 44.4 Å². The van der Waals surface area contributed by atoms with Crippen LogP contribution in [-0.4, -0.2) is 33.6 Å². The summed E-state index contributed by atoms with van der Waals surface area (Å²) in [4.78, 5) is 11.5. The van der Waals surface area contributed by atoms with Crippen molar-refractivity contribution in [3.63, 3.8) is 0 Å². The van der Waals surface area contributed by atoms with Gasteiger partial charge >= 0.3 is 5.97 Å². The summed E-state index contributed by atoms with van der Waals surface area (Å²) < 4.78 is 7.27. The lowest BCUT2D eigenvalue weighted by atomic mass is 10.00. The lowest BCUT2D eigenvalue weighted by Gasteiger charge is -2.13. The number of halogens is 1. The van der Waals surface area contributed by atoms with E-state index in [0.29, 0.717) is 15.8 Å². The van der Waals surface area contributed by atoms with Gasteiger partial charge in [0.25, 0.3) is 0 Å². The molecule has 0 saturated heterocycles. The van der Waals surface area contributed by atoms with Crippen LogP contribution >= 0.6 is 27.7 Å². The van der Waals surface area contributed by atoms with Crippen LogP contribution in [0.2, 0.25) is 0 Å². The summed E-state index contributed by atoms with van der Waals surface area (Å²) in [7, 11) is 1.38. The first-order valence-corrected chi connectivity index (χ1v) is 9.79. The zero-order chi connectivity index (χ0) is 17.4. The van der Waals surface area contributed by atoms with Gasteiger partial charge < -0.3 is 4.74 Å². The van der Waals surface area contributed by atoms with E-state index in [1.165, 1.54) is 42.7 Å². The number of nitrogens with zero attached hydrogens (tertiary/aromatic N) is 3. The van der Waals surface area contributed by atoms with Crippen LogP contribution in [0.1, 0.15) is 24.3 Å². The number of aromatic nitrogens is 3. The van der Waals surface area contributed by atoms with E-state index in [1.807, 2.05) is 4.57 Å². The Morgan fingerprint density at radius 1 is 1.24 bits per heavy atom. The third kappa shape index (κ3) is 3.18. The highest BCUT2D eigenvalue weighted by molar-refractivity contribution is 9.10. The smallest absolute Gasteiger partial charge is 0.316 e. The number of fused-ring (bicyclic) bond motifs is 1. The van der Waals surface area contributed by atoms with Gasteiger partial charge in [-0.25, -0.2) is 0 Å². The van der Waals surface area contributed by atoms with E-state index in [4.69, 9.17) is 4.74 Å². The number of carbonyl (C=O) groups is 1. The molecule has 1 aliphatic carbocycles. The zero-order valence-electron chi connectivity index (χ0n) is 13.6. The molecule has 1 fully saturated rings. The van der Waals surface area contributed by atoms with Crippen molar-refractivity contribution in [2.45, 2.75) is 23.9 Å². The lowest BCUT2D eigenvalue weighted by molar-refractivity contribution is -0.137. The Hall–Kier alpha value is -1.86. The van der Waals surface area contributed by atoms with Gasteiger partial charge in [0.05, 0.1) is 18.6 Å². The summed E-state index contributed by atoms with van der Waals surface area (Å²) in [5, 5.41) is 11.4. The molecule has 3 aromatic rings. The van der Waals surface area contributed by atoms with E-state index < -0.39 is 0 Å². The van der Waals surface area contributed by atoms with Gasteiger partial charge in [0.2, 0.25) is 4.73 Å². The van der Waals surface area contributed by atoms with Crippen LogP contribution in [0.4, 0.5) is 0 Å². The predicted octanol–water partition coefficient (Wildman–Crippen LogP) is 4.33. The van der Waals surface area contributed by atoms with Crippen molar-refractivity contribution in [3.8, 4) is 5.69 Å². The molecule has 128 valence electrons. The second-order valence-corrected chi connectivity index (χ2v) is 7.60. The van der Waals surface area contributed by atoms with Gasteiger partial charge in [-0.2, -0.15) is 0 Å². The fraction of sp³-hybridized carbons (Fsp3) is 0.278. The van der Waals surface area contributed by atoms with Crippen molar-refractivity contribution < 1.29 is 9.53 Å². The monoisotopic (exact) mass is 417 g/mol. The number of carbonyl (C=O) groups excluding carboxylic acids is 1. The van der Waals surface area contributed by atoms with E-state index in [-0.39, 0.29) is 11.7 Å². The Kier molecular flexibility index (Phi) is 4.52. The fourth-order valence-corrected chi connectivity index (χ4v) is 4.33. The van der Waals surface area contributed by atoms with Crippen LogP contribution in [-0.2, 0) is 9.53 Å². The molecule has 0 bridgehead atoms. The first kappa shape index (κ1) is 16.6. The van der Waals surface area contributed by atoms with Gasteiger partial charge in [-0.15, -0.1) is 10.2 Å². The molecule has 1 saturated carbocycles. The van der Waals surface area contributed by atoms with E-state index >= 15 is 0 Å². The van der Waals surface area contributed by atoms with E-state index in [2.05, 4.69) is 62.5 Å². The average Bonchev–Trinajstić information content (AvgIpc) is 3.42. The molecule has 0 spiro atoms. The van der Waals surface area contributed by atoms with E-state index in [9.17, 15) is 4.79 Å². The molecule has 0 unspecified atom stereocenters. The maximum atomic E-state index is 11.5. The number of benzene rings is 2. The molecule has 1 heterocycles. The number of methoxy groups -OCH3 is 1. The van der Waals surface area contributed by atoms with Crippen molar-refractivity contribution in [1.29, 1.82) is 0 Å². The van der Waals surface area contributed by atoms with Crippen molar-refractivity contribution in [2.75, 3.05) is 12.9 Å². The first-order chi connectivity index (χ1) is 12.2. The van der Waals surface area contributed by atoms with Crippen LogP contribution in [0.25, 0.3) is 16.5 Å². The minimum absolute atomic E-state index is 0.194. The number of esters is 1. The van der Waals surface area contributed by atoms with Crippen molar-refractivity contribution in [2.24, 2.45) is 0 Å². The molecule has 0 aliphatic heterocycles. The average molecular weight is 418 g/mol. The van der Waals surface area contributed by atoms with Gasteiger partial charge in [-0.05, 0) is 51.7 Å². The quantitative estimate of drug-likeness (QED) is 0.456. The highest BCUT2D eigenvalue weighted by atomic mass is 79.9. The van der Waals surface area contributed by atoms with Gasteiger partial charge in [0.15, 0.2) is 5.16 Å². The zero-order valence-corrected chi connectivity index (χ0v) is 16.0. The Morgan fingerprint density at radius 3 is 2.76 bits per heavy atom. The summed E-state index contributed by atoms with van der Waals surface area (Å²) in [6, 6.07) is 12.7. The number of ether oxygens (including phenoxy) is 1. The summed E-state index contributed by atoms with van der Waals surface area (Å²) >= 11 is 4.79. The molecule has 0 amide bonds. The topological polar surface area (TPSA) is 57.0 Å². The van der Waals surface area contributed by atoms with E-state index in [1.54, 1.807) is 0 Å². The maximum absolute atomic E-state index is 11.5. The molecule has 25 heavy (non-hydrogen) atoms. The van der Waals surface area contributed by atoms with Crippen molar-refractivity contribution in [1.82, 2.24) is 14.8 Å². The minimum Gasteiger partial charge on any atom is -0.468 e. The minimum atomic E-state index is -0.287. The number of hydrogen-bond donors (Lipinski definition) is 0. The fourth-order valence-electron chi connectivity index (χ4n) is 2.99. The Morgan fingerprint density at radius 2 is 2.00 bits per heavy atom. The Bertz CT molecular complexity index is 953. The third-order valence-corrected chi connectivity index (χ3v) is 5.75. The summed E-state index contributed by atoms with van der Waals surface area (Å²) in [6.07, 6.45) is 2.53. The van der Waals surface area contributed by atoms with Gasteiger partial charge in [-0.1, -0.05) is 42.1 Å². The van der Waals surface area contributed by atoms with E-state index in [0.717, 1.165) is 11.1 Å². The molecular weight excluding hydrogens is 402 g/mol. The predicted molar refractivity (Wildman–Crippen MR) is 101 cm³/mol. The van der Waals surface area contributed by atoms with Gasteiger partial charge in [0.1, 0.15) is 0 Å². The largest absolute Gasteiger partial charge is 0.468 e. The number of thioether (sulfide) groups is 1. The second-order valence-electron chi connectivity index (χ2n) is 5.95. The standard InChI is InChI=1S/C18H16BrN3O2S/c1-24-16(23)10-25-18-21-20-17(19)22(18)15-7-3-5-13-12(11-8-9-11)4-2-6-14(13)15/h2-7,11H,8-10H2,1H3. The van der Waals surface area contributed by atoms with Crippen LogP contribution in [0.3, 0.4) is 0 Å². The molecule has 7 heteroatoms. The Labute approximate surface area is 157 Å². The molecule has 2 aromatic carbocycles. The first-order valence-electron chi connectivity index (χ1n) is 8.01. The second kappa shape index (κ2) is 6.80. The highest BCUT2D eigenvalue weighted by Gasteiger charge is 2.26. The number of rotatable bonds is 5. The molecule has 4 rings (SSSR count). The summed E-state index contributed by atoms with van der Waals surface area (Å²) in [5.41, 5.74) is 2.41. The SMILES string of the molecule is COC(=O)CSc1nnc(Br)n1-c1cccc2c(C3CC3)cccc12. The van der Waals surface area contributed by atoms with Crippen LogP contribution < -0.4 is 0 Å². The molecule has 0 radical (unpaired) electrons. The number of hydrogen-bond acceptors (Lipinski definition) is 5. The molecule has 1 aliphatic rings. The summed E-state index contributed by atoms with van der Waals surface area (Å²) in [5.74, 6) is 0.584. The van der Waals surface area contributed by atoms with Gasteiger partial charge in [0, 0.05) is 5.39 Å². The van der Waals surface area contributed by atoms with Crippen LogP contribution in [0.15, 0.2) is 46.3 Å². The Balaban J connectivity index is 1.81. The van der Waals surface area contributed by atoms with Crippen LogP contribution in [0.5, 0.6) is 0 Å². The highest BCUT2D eigenvalue weighted by Crippen LogP contribution is 2.44. The van der Waals surface area contributed by atoms with Crippen LogP contribution in [0, 0.1) is 0 Å². The summed E-state index contributed by atoms with van der Waals surface area (Å²) in [6.45, 7) is 0. The van der Waals surface area contributed by atoms with Crippen molar-refractivity contribution in [3.05, 3.63) is 46.7 Å². The third-order valence-electron chi connectivity index (χ3n) is 4.33. The molecule has 1 aromatic heterocycles. The molecular formula is C18H16BrN3O2S.